The van der Waals surface area contributed by atoms with Gasteiger partial charge in [-0.2, -0.15) is 0 Å². The molecule has 1 aromatic heterocycles. The van der Waals surface area contributed by atoms with Crippen molar-refractivity contribution in [2.45, 2.75) is 20.3 Å². The molecular formula is C16H22N2O2. The van der Waals surface area contributed by atoms with Gasteiger partial charge in [-0.25, -0.2) is 0 Å². The standard InChI is InChI=1S/C16H22N2O2/c1-3-18(4-2)16(19)13(11-17)10-14-9-12-7-5-6-8-15(12)20-14/h5-9,13H,3-4,10-11,17H2,1-2H3. The van der Waals surface area contributed by atoms with Crippen LogP contribution in [0.15, 0.2) is 34.7 Å². The van der Waals surface area contributed by atoms with Gasteiger partial charge in [0.05, 0.1) is 5.92 Å². The molecule has 0 radical (unpaired) electrons. The van der Waals surface area contributed by atoms with Gasteiger partial charge < -0.3 is 15.1 Å². The van der Waals surface area contributed by atoms with Gasteiger partial charge >= 0.3 is 0 Å². The van der Waals surface area contributed by atoms with Gasteiger partial charge in [0.25, 0.3) is 0 Å². The number of carbonyl (C=O) groups is 1. The molecule has 2 rings (SSSR count). The lowest BCUT2D eigenvalue weighted by molar-refractivity contribution is -0.134. The van der Waals surface area contributed by atoms with E-state index in [4.69, 9.17) is 10.2 Å². The number of hydrogen-bond acceptors (Lipinski definition) is 3. The van der Waals surface area contributed by atoms with Crippen LogP contribution in [0, 0.1) is 5.92 Å². The smallest absolute Gasteiger partial charge is 0.227 e. The number of nitrogens with two attached hydrogens (primary N) is 1. The molecule has 0 spiro atoms. The molecule has 4 heteroatoms. The Morgan fingerprint density at radius 3 is 2.60 bits per heavy atom. The Morgan fingerprint density at radius 1 is 1.30 bits per heavy atom. The highest BCUT2D eigenvalue weighted by Gasteiger charge is 2.23. The maximum absolute atomic E-state index is 12.4. The average Bonchev–Trinajstić information content (AvgIpc) is 2.88. The molecule has 0 fully saturated rings. The molecule has 1 atom stereocenters. The second kappa shape index (κ2) is 6.57. The summed E-state index contributed by atoms with van der Waals surface area (Å²) in [5.74, 6) is 0.718. The summed E-state index contributed by atoms with van der Waals surface area (Å²) in [6, 6.07) is 9.85. The third-order valence-corrected chi connectivity index (χ3v) is 3.63. The Kier molecular flexibility index (Phi) is 4.79. The first kappa shape index (κ1) is 14.6. The fourth-order valence-electron chi connectivity index (χ4n) is 2.45. The van der Waals surface area contributed by atoms with Gasteiger partial charge in [-0.15, -0.1) is 0 Å². The number of furan rings is 1. The van der Waals surface area contributed by atoms with Gasteiger partial charge in [-0.3, -0.25) is 4.79 Å². The van der Waals surface area contributed by atoms with Gasteiger partial charge in [0.15, 0.2) is 0 Å². The molecule has 1 aromatic carbocycles. The fourth-order valence-corrected chi connectivity index (χ4v) is 2.45. The second-order valence-corrected chi connectivity index (χ2v) is 4.90. The van der Waals surface area contributed by atoms with Crippen LogP contribution in [0.3, 0.4) is 0 Å². The summed E-state index contributed by atoms with van der Waals surface area (Å²) in [4.78, 5) is 14.2. The Labute approximate surface area is 119 Å². The van der Waals surface area contributed by atoms with Gasteiger partial charge in [0, 0.05) is 31.4 Å². The molecule has 2 aromatic rings. The quantitative estimate of drug-likeness (QED) is 0.880. The highest BCUT2D eigenvalue weighted by molar-refractivity contribution is 5.80. The van der Waals surface area contributed by atoms with E-state index >= 15 is 0 Å². The maximum atomic E-state index is 12.4. The van der Waals surface area contributed by atoms with Crippen LogP contribution >= 0.6 is 0 Å². The van der Waals surface area contributed by atoms with Crippen LogP contribution in [-0.4, -0.2) is 30.4 Å². The number of fused-ring (bicyclic) bond motifs is 1. The number of hydrogen-bond donors (Lipinski definition) is 1. The van der Waals surface area contributed by atoms with Crippen molar-refractivity contribution in [3.63, 3.8) is 0 Å². The minimum atomic E-state index is -0.213. The fraction of sp³-hybridized carbons (Fsp3) is 0.438. The van der Waals surface area contributed by atoms with Crippen LogP contribution in [0.1, 0.15) is 19.6 Å². The van der Waals surface area contributed by atoms with E-state index in [1.54, 1.807) is 0 Å². The van der Waals surface area contributed by atoms with Crippen molar-refractivity contribution in [3.8, 4) is 0 Å². The topological polar surface area (TPSA) is 59.5 Å². The summed E-state index contributed by atoms with van der Waals surface area (Å²) in [7, 11) is 0. The normalized spacial score (nSPS) is 12.6. The number of benzene rings is 1. The molecule has 0 bridgehead atoms. The minimum Gasteiger partial charge on any atom is -0.461 e. The third kappa shape index (κ3) is 3.02. The zero-order chi connectivity index (χ0) is 14.5. The van der Waals surface area contributed by atoms with E-state index in [2.05, 4.69) is 0 Å². The average molecular weight is 274 g/mol. The molecule has 0 saturated carbocycles. The number of rotatable bonds is 6. The molecule has 0 aliphatic rings. The molecule has 1 unspecified atom stereocenters. The first-order chi connectivity index (χ1) is 9.69. The van der Waals surface area contributed by atoms with Crippen LogP contribution in [0.4, 0.5) is 0 Å². The van der Waals surface area contributed by atoms with Crippen molar-refractivity contribution < 1.29 is 9.21 Å². The largest absolute Gasteiger partial charge is 0.461 e. The SMILES string of the molecule is CCN(CC)C(=O)C(CN)Cc1cc2ccccc2o1. The van der Waals surface area contributed by atoms with Crippen molar-refractivity contribution in [2.24, 2.45) is 11.7 Å². The number of para-hydroxylation sites is 1. The van der Waals surface area contributed by atoms with E-state index in [-0.39, 0.29) is 11.8 Å². The van der Waals surface area contributed by atoms with Crippen molar-refractivity contribution in [1.82, 2.24) is 4.90 Å². The molecular weight excluding hydrogens is 252 g/mol. The Balaban J connectivity index is 2.15. The monoisotopic (exact) mass is 274 g/mol. The summed E-state index contributed by atoms with van der Waals surface area (Å²) in [6.45, 7) is 5.73. The van der Waals surface area contributed by atoms with E-state index < -0.39 is 0 Å². The highest BCUT2D eigenvalue weighted by atomic mass is 16.3. The summed E-state index contributed by atoms with van der Waals surface area (Å²) in [5.41, 5.74) is 6.63. The van der Waals surface area contributed by atoms with Crippen LogP contribution in [-0.2, 0) is 11.2 Å². The molecule has 1 heterocycles. The van der Waals surface area contributed by atoms with Crippen LogP contribution < -0.4 is 5.73 Å². The second-order valence-electron chi connectivity index (χ2n) is 4.90. The molecule has 2 N–H and O–H groups in total. The predicted octanol–water partition coefficient (Wildman–Crippen LogP) is 2.42. The Bertz CT molecular complexity index is 540. The lowest BCUT2D eigenvalue weighted by atomic mass is 10.0. The number of amides is 1. The van der Waals surface area contributed by atoms with Crippen LogP contribution in [0.5, 0.6) is 0 Å². The summed E-state index contributed by atoms with van der Waals surface area (Å²) in [5, 5.41) is 1.06. The van der Waals surface area contributed by atoms with Gasteiger partial charge in [0.1, 0.15) is 11.3 Å². The summed E-state index contributed by atoms with van der Waals surface area (Å²) >= 11 is 0. The van der Waals surface area contributed by atoms with Gasteiger partial charge in [0.2, 0.25) is 5.91 Å². The lowest BCUT2D eigenvalue weighted by Gasteiger charge is -2.23. The highest BCUT2D eigenvalue weighted by Crippen LogP contribution is 2.21. The first-order valence-electron chi connectivity index (χ1n) is 7.15. The third-order valence-electron chi connectivity index (χ3n) is 3.63. The van der Waals surface area contributed by atoms with Gasteiger partial charge in [-0.05, 0) is 26.0 Å². The first-order valence-corrected chi connectivity index (χ1v) is 7.15. The molecule has 20 heavy (non-hydrogen) atoms. The molecule has 0 aliphatic heterocycles. The van der Waals surface area contributed by atoms with Crippen molar-refractivity contribution >= 4 is 16.9 Å². The molecule has 108 valence electrons. The Morgan fingerprint density at radius 2 is 2.00 bits per heavy atom. The molecule has 0 saturated heterocycles. The van der Waals surface area contributed by atoms with Crippen molar-refractivity contribution in [3.05, 3.63) is 36.1 Å². The summed E-state index contributed by atoms with van der Waals surface area (Å²) < 4.78 is 5.77. The van der Waals surface area contributed by atoms with E-state index in [1.807, 2.05) is 49.1 Å². The van der Waals surface area contributed by atoms with E-state index in [0.717, 1.165) is 16.7 Å². The van der Waals surface area contributed by atoms with Crippen molar-refractivity contribution in [1.29, 1.82) is 0 Å². The zero-order valence-corrected chi connectivity index (χ0v) is 12.1. The zero-order valence-electron chi connectivity index (χ0n) is 12.1. The minimum absolute atomic E-state index is 0.109. The van der Waals surface area contributed by atoms with Crippen LogP contribution in [0.25, 0.3) is 11.0 Å². The lowest BCUT2D eigenvalue weighted by Crippen LogP contribution is -2.39. The van der Waals surface area contributed by atoms with E-state index in [1.165, 1.54) is 0 Å². The molecule has 4 nitrogen and oxygen atoms in total. The number of carbonyl (C=O) groups excluding carboxylic acids is 1. The predicted molar refractivity (Wildman–Crippen MR) is 80.4 cm³/mol. The van der Waals surface area contributed by atoms with Crippen LogP contribution in [0.2, 0.25) is 0 Å². The van der Waals surface area contributed by atoms with E-state index in [0.29, 0.717) is 26.1 Å². The molecule has 1 amide bonds. The van der Waals surface area contributed by atoms with Crippen molar-refractivity contribution in [2.75, 3.05) is 19.6 Å². The Hall–Kier alpha value is -1.81. The molecule has 0 aliphatic carbocycles. The van der Waals surface area contributed by atoms with Gasteiger partial charge in [-0.1, -0.05) is 18.2 Å². The summed E-state index contributed by atoms with van der Waals surface area (Å²) in [6.07, 6.45) is 0.556. The maximum Gasteiger partial charge on any atom is 0.227 e. The number of nitrogens with zero attached hydrogens (tertiary/aromatic N) is 1. The van der Waals surface area contributed by atoms with E-state index in [9.17, 15) is 4.79 Å².